The van der Waals surface area contributed by atoms with Crippen molar-refractivity contribution < 1.29 is 24.1 Å². The van der Waals surface area contributed by atoms with Crippen LogP contribution >= 0.6 is 0 Å². The summed E-state index contributed by atoms with van der Waals surface area (Å²) in [5.74, 6) is 1.25. The molecule has 1 saturated heterocycles. The van der Waals surface area contributed by atoms with Crippen LogP contribution in [0.15, 0.2) is 48.8 Å². The fourth-order valence-electron chi connectivity index (χ4n) is 5.07. The topological polar surface area (TPSA) is 106 Å². The first-order valence-electron chi connectivity index (χ1n) is 14.5. The molecular formula is C33H44N4O5. The predicted octanol–water partition coefficient (Wildman–Crippen LogP) is 6.52. The van der Waals surface area contributed by atoms with Crippen LogP contribution in [0.25, 0.3) is 11.1 Å². The van der Waals surface area contributed by atoms with Gasteiger partial charge >= 0.3 is 5.97 Å². The minimum Gasteiger partial charge on any atom is -0.497 e. The molecule has 9 nitrogen and oxygen atoms in total. The number of carbonyl (C=O) groups is 1. The van der Waals surface area contributed by atoms with Gasteiger partial charge in [0.05, 0.1) is 24.9 Å². The Kier molecular flexibility index (Phi) is 9.61. The molecule has 3 aromatic rings. The van der Waals surface area contributed by atoms with E-state index in [2.05, 4.69) is 34.0 Å². The number of rotatable bonds is 11. The second-order valence-electron chi connectivity index (χ2n) is 12.5. The molecule has 1 aliphatic rings. The van der Waals surface area contributed by atoms with Gasteiger partial charge in [-0.1, -0.05) is 13.8 Å². The molecule has 1 aromatic carbocycles. The van der Waals surface area contributed by atoms with Crippen molar-refractivity contribution in [3.63, 3.8) is 0 Å². The van der Waals surface area contributed by atoms with E-state index in [-0.39, 0.29) is 5.41 Å². The summed E-state index contributed by atoms with van der Waals surface area (Å²) in [5, 5.41) is 13.6. The Bertz CT molecular complexity index is 1340. The van der Waals surface area contributed by atoms with Gasteiger partial charge in [0.25, 0.3) is 0 Å². The van der Waals surface area contributed by atoms with Gasteiger partial charge in [0.15, 0.2) is 6.10 Å². The average Bonchev–Trinajstić information content (AvgIpc) is 2.94. The summed E-state index contributed by atoms with van der Waals surface area (Å²) in [6, 6.07) is 11.4. The van der Waals surface area contributed by atoms with E-state index in [1.54, 1.807) is 13.3 Å². The molecule has 2 N–H and O–H groups in total. The Labute approximate surface area is 249 Å². The van der Waals surface area contributed by atoms with E-state index >= 15 is 0 Å². The van der Waals surface area contributed by atoms with Crippen molar-refractivity contribution in [2.75, 3.05) is 43.6 Å². The summed E-state index contributed by atoms with van der Waals surface area (Å²) in [6.07, 6.45) is 4.49. The van der Waals surface area contributed by atoms with Crippen molar-refractivity contribution in [1.29, 1.82) is 0 Å². The molecule has 0 radical (unpaired) electrons. The lowest BCUT2D eigenvalue weighted by Gasteiger charge is -2.40. The third-order valence-electron chi connectivity index (χ3n) is 7.49. The number of anilines is 2. The molecule has 9 heteroatoms. The highest BCUT2D eigenvalue weighted by atomic mass is 16.5. The maximum Gasteiger partial charge on any atom is 0.337 e. The number of aryl methyl sites for hydroxylation is 1. The summed E-state index contributed by atoms with van der Waals surface area (Å²) in [7, 11) is 1.63. The molecule has 1 atom stereocenters. The Morgan fingerprint density at radius 1 is 1.05 bits per heavy atom. The zero-order chi connectivity index (χ0) is 30.5. The molecule has 0 amide bonds. The zero-order valence-electron chi connectivity index (χ0n) is 25.9. The number of piperidine rings is 1. The lowest BCUT2D eigenvalue weighted by atomic mass is 9.82. The predicted molar refractivity (Wildman–Crippen MR) is 166 cm³/mol. The lowest BCUT2D eigenvalue weighted by Crippen LogP contribution is -2.39. The normalized spacial score (nSPS) is 15.6. The quantitative estimate of drug-likeness (QED) is 0.247. The van der Waals surface area contributed by atoms with Crippen LogP contribution in [-0.2, 0) is 9.53 Å². The average molecular weight is 577 g/mol. The van der Waals surface area contributed by atoms with Gasteiger partial charge in [0.2, 0.25) is 0 Å². The van der Waals surface area contributed by atoms with Crippen molar-refractivity contribution in [2.45, 2.75) is 66.1 Å². The SMILES string of the molecule is COc1ccc(OCCNc2ccc(-c3cnc(C)c([C@H](OC(C)(C)C)C(=O)O)c3N3CCC(C)(C)CC3)cn2)cc1. The van der Waals surface area contributed by atoms with Crippen LogP contribution in [-0.4, -0.2) is 60.0 Å². The van der Waals surface area contributed by atoms with Crippen molar-refractivity contribution in [2.24, 2.45) is 5.41 Å². The van der Waals surface area contributed by atoms with E-state index in [9.17, 15) is 9.90 Å². The Balaban J connectivity index is 1.59. The number of aromatic nitrogens is 2. The highest BCUT2D eigenvalue weighted by molar-refractivity contribution is 5.86. The van der Waals surface area contributed by atoms with Crippen LogP contribution in [0.1, 0.15) is 64.8 Å². The summed E-state index contributed by atoms with van der Waals surface area (Å²) < 4.78 is 17.1. The second kappa shape index (κ2) is 13.0. The van der Waals surface area contributed by atoms with Gasteiger partial charge in [-0.2, -0.15) is 0 Å². The molecule has 4 rings (SSSR count). The minimum atomic E-state index is -1.15. The zero-order valence-corrected chi connectivity index (χ0v) is 25.9. The number of hydrogen-bond donors (Lipinski definition) is 2. The van der Waals surface area contributed by atoms with Crippen LogP contribution in [0.4, 0.5) is 11.5 Å². The van der Waals surface area contributed by atoms with Crippen molar-refractivity contribution in [3.8, 4) is 22.6 Å². The van der Waals surface area contributed by atoms with E-state index in [4.69, 9.17) is 14.2 Å². The molecule has 0 unspecified atom stereocenters. The highest BCUT2D eigenvalue weighted by Gasteiger charge is 2.35. The molecule has 0 spiro atoms. The number of carboxylic acid groups (broad SMARTS) is 1. The third-order valence-corrected chi connectivity index (χ3v) is 7.49. The standard InChI is InChI=1S/C33H44N4O5/c1-22-28(30(31(38)39)42-32(2,3)4)29(37-17-14-33(5,6)15-18-37)26(21-35-22)23-8-13-27(36-20-23)34-16-19-41-25-11-9-24(40-7)10-12-25/h8-13,20-21,30H,14-19H2,1-7H3,(H,34,36)(H,38,39)/t30-/m0/s1. The van der Waals surface area contributed by atoms with Crippen molar-refractivity contribution >= 4 is 17.5 Å². The molecular weight excluding hydrogens is 532 g/mol. The minimum absolute atomic E-state index is 0.235. The molecule has 2 aromatic heterocycles. The number of carboxylic acids is 1. The Morgan fingerprint density at radius 2 is 1.71 bits per heavy atom. The molecule has 42 heavy (non-hydrogen) atoms. The van der Waals surface area contributed by atoms with Gasteiger partial charge in [0, 0.05) is 47.9 Å². The van der Waals surface area contributed by atoms with Gasteiger partial charge in [-0.25, -0.2) is 9.78 Å². The summed E-state index contributed by atoms with van der Waals surface area (Å²) in [6.45, 7) is 14.7. The van der Waals surface area contributed by atoms with E-state index in [0.717, 1.165) is 60.1 Å². The molecule has 1 fully saturated rings. The number of nitrogens with zero attached hydrogens (tertiary/aromatic N) is 3. The molecule has 1 aliphatic heterocycles. The molecule has 0 bridgehead atoms. The van der Waals surface area contributed by atoms with Gasteiger partial charge < -0.3 is 29.5 Å². The lowest BCUT2D eigenvalue weighted by molar-refractivity contribution is -0.160. The van der Waals surface area contributed by atoms with E-state index in [1.807, 2.05) is 70.3 Å². The van der Waals surface area contributed by atoms with Crippen LogP contribution < -0.4 is 19.7 Å². The first-order chi connectivity index (χ1) is 19.9. The second-order valence-corrected chi connectivity index (χ2v) is 12.5. The van der Waals surface area contributed by atoms with Crippen LogP contribution in [0, 0.1) is 12.3 Å². The van der Waals surface area contributed by atoms with Crippen LogP contribution in [0.2, 0.25) is 0 Å². The number of ether oxygens (including phenoxy) is 3. The van der Waals surface area contributed by atoms with Gasteiger partial charge in [-0.05, 0) is 82.3 Å². The first kappa shape index (κ1) is 31.1. The number of nitrogens with one attached hydrogen (secondary N) is 1. The first-order valence-corrected chi connectivity index (χ1v) is 14.5. The molecule has 0 saturated carbocycles. The fraction of sp³-hybridized carbons (Fsp3) is 0.485. The van der Waals surface area contributed by atoms with Gasteiger partial charge in [0.1, 0.15) is 23.9 Å². The largest absolute Gasteiger partial charge is 0.497 e. The maximum atomic E-state index is 12.6. The molecule has 3 heterocycles. The third kappa shape index (κ3) is 7.91. The van der Waals surface area contributed by atoms with Crippen molar-refractivity contribution in [1.82, 2.24) is 9.97 Å². The fourth-order valence-corrected chi connectivity index (χ4v) is 5.07. The highest BCUT2D eigenvalue weighted by Crippen LogP contribution is 2.43. The summed E-state index contributed by atoms with van der Waals surface area (Å²) in [4.78, 5) is 24.2. The molecule has 0 aliphatic carbocycles. The van der Waals surface area contributed by atoms with E-state index in [1.165, 1.54) is 0 Å². The van der Waals surface area contributed by atoms with Gasteiger partial charge in [-0.15, -0.1) is 0 Å². The number of aliphatic carboxylic acids is 1. The Hall–Kier alpha value is -3.85. The van der Waals surface area contributed by atoms with Crippen LogP contribution in [0.3, 0.4) is 0 Å². The number of benzene rings is 1. The molecule has 226 valence electrons. The van der Waals surface area contributed by atoms with E-state index < -0.39 is 17.7 Å². The maximum absolute atomic E-state index is 12.6. The smallest absolute Gasteiger partial charge is 0.337 e. The summed E-state index contributed by atoms with van der Waals surface area (Å²) in [5.41, 5.74) is 3.41. The Morgan fingerprint density at radius 3 is 2.29 bits per heavy atom. The summed E-state index contributed by atoms with van der Waals surface area (Å²) >= 11 is 0. The van der Waals surface area contributed by atoms with Crippen molar-refractivity contribution in [3.05, 3.63) is 60.0 Å². The monoisotopic (exact) mass is 576 g/mol. The number of hydrogen-bond acceptors (Lipinski definition) is 8. The van der Waals surface area contributed by atoms with E-state index in [0.29, 0.717) is 24.4 Å². The van der Waals surface area contributed by atoms with Gasteiger partial charge in [-0.3, -0.25) is 4.98 Å². The van der Waals surface area contributed by atoms with Crippen LogP contribution in [0.5, 0.6) is 11.5 Å². The number of pyridine rings is 2. The number of methoxy groups -OCH3 is 1.